The Bertz CT molecular complexity index is 378. The van der Waals surface area contributed by atoms with Gasteiger partial charge in [0, 0.05) is 6.07 Å². The molecule has 0 radical (unpaired) electrons. The summed E-state index contributed by atoms with van der Waals surface area (Å²) in [7, 11) is 1.49. The largest absolute Gasteiger partial charge is 0.504 e. The molecule has 0 aliphatic rings. The number of nitriles is 1. The third-order valence-electron chi connectivity index (χ3n) is 2.09. The first-order chi connectivity index (χ1) is 6.60. The van der Waals surface area contributed by atoms with Gasteiger partial charge in [0.05, 0.1) is 18.7 Å². The van der Waals surface area contributed by atoms with E-state index in [9.17, 15) is 5.11 Å². The zero-order valence-electron chi connectivity index (χ0n) is 8.53. The Morgan fingerprint density at radius 3 is 2.50 bits per heavy atom. The van der Waals surface area contributed by atoms with E-state index in [-0.39, 0.29) is 11.7 Å². The van der Waals surface area contributed by atoms with Gasteiger partial charge in [0.1, 0.15) is 0 Å². The molecule has 0 amide bonds. The van der Waals surface area contributed by atoms with Crippen LogP contribution in [0.4, 0.5) is 0 Å². The monoisotopic (exact) mass is 191 g/mol. The average molecular weight is 191 g/mol. The number of hydrogen-bond acceptors (Lipinski definition) is 3. The van der Waals surface area contributed by atoms with Crippen molar-refractivity contribution in [2.45, 2.75) is 19.8 Å². The highest BCUT2D eigenvalue weighted by Crippen LogP contribution is 2.32. The third-order valence-corrected chi connectivity index (χ3v) is 2.09. The maximum Gasteiger partial charge on any atom is 0.160 e. The summed E-state index contributed by atoms with van der Waals surface area (Å²) < 4.78 is 4.98. The maximum absolute atomic E-state index is 9.45. The second-order valence-corrected chi connectivity index (χ2v) is 3.38. The predicted octanol–water partition coefficient (Wildman–Crippen LogP) is 2.40. The summed E-state index contributed by atoms with van der Waals surface area (Å²) in [6.45, 7) is 3.99. The van der Waals surface area contributed by atoms with Crippen LogP contribution in [0.25, 0.3) is 0 Å². The van der Waals surface area contributed by atoms with E-state index in [1.165, 1.54) is 13.2 Å². The van der Waals surface area contributed by atoms with Crippen LogP contribution >= 0.6 is 0 Å². The van der Waals surface area contributed by atoms with Gasteiger partial charge in [-0.1, -0.05) is 13.8 Å². The SMILES string of the molecule is COc1cc(C(C)C)c(C#N)cc1O. The Balaban J connectivity index is 3.34. The molecule has 0 spiro atoms. The van der Waals surface area contributed by atoms with Gasteiger partial charge in [-0.05, 0) is 17.5 Å². The summed E-state index contributed by atoms with van der Waals surface area (Å²) >= 11 is 0. The number of phenolic OH excluding ortho intramolecular Hbond substituents is 1. The number of methoxy groups -OCH3 is 1. The lowest BCUT2D eigenvalue weighted by atomic mass is 9.97. The van der Waals surface area contributed by atoms with Crippen molar-refractivity contribution in [3.63, 3.8) is 0 Å². The van der Waals surface area contributed by atoms with Gasteiger partial charge in [-0.15, -0.1) is 0 Å². The topological polar surface area (TPSA) is 53.2 Å². The molecular weight excluding hydrogens is 178 g/mol. The average Bonchev–Trinajstić information content (AvgIpc) is 2.16. The number of phenols is 1. The number of benzene rings is 1. The molecule has 0 aliphatic carbocycles. The van der Waals surface area contributed by atoms with E-state index in [0.717, 1.165) is 5.56 Å². The quantitative estimate of drug-likeness (QED) is 0.780. The molecule has 14 heavy (non-hydrogen) atoms. The summed E-state index contributed by atoms with van der Waals surface area (Å²) in [5.41, 5.74) is 1.39. The normalized spacial score (nSPS) is 9.93. The van der Waals surface area contributed by atoms with Crippen molar-refractivity contribution in [1.82, 2.24) is 0 Å². The minimum atomic E-state index is 0.00782. The minimum absolute atomic E-state index is 0.00782. The van der Waals surface area contributed by atoms with Crippen LogP contribution in [0.15, 0.2) is 12.1 Å². The van der Waals surface area contributed by atoms with Gasteiger partial charge >= 0.3 is 0 Å². The lowest BCUT2D eigenvalue weighted by molar-refractivity contribution is 0.372. The number of nitrogens with zero attached hydrogens (tertiary/aromatic N) is 1. The van der Waals surface area contributed by atoms with Crippen molar-refractivity contribution in [1.29, 1.82) is 5.26 Å². The fraction of sp³-hybridized carbons (Fsp3) is 0.364. The first kappa shape index (κ1) is 10.4. The minimum Gasteiger partial charge on any atom is -0.504 e. The standard InChI is InChI=1S/C11H13NO2/c1-7(2)9-5-11(14-3)10(13)4-8(9)6-12/h4-5,7,13H,1-3H3. The molecule has 0 fully saturated rings. The molecule has 1 rings (SSSR count). The van der Waals surface area contributed by atoms with Crippen molar-refractivity contribution in [2.75, 3.05) is 7.11 Å². The molecule has 0 heterocycles. The van der Waals surface area contributed by atoms with Crippen LogP contribution < -0.4 is 4.74 Å². The van der Waals surface area contributed by atoms with Crippen LogP contribution in [-0.2, 0) is 0 Å². The molecule has 0 unspecified atom stereocenters. The highest BCUT2D eigenvalue weighted by atomic mass is 16.5. The molecule has 74 valence electrons. The van der Waals surface area contributed by atoms with Gasteiger partial charge in [-0.2, -0.15) is 5.26 Å². The first-order valence-corrected chi connectivity index (χ1v) is 4.41. The second kappa shape index (κ2) is 4.01. The number of hydrogen-bond donors (Lipinski definition) is 1. The first-order valence-electron chi connectivity index (χ1n) is 4.41. The van der Waals surface area contributed by atoms with Gasteiger partial charge in [-0.25, -0.2) is 0 Å². The van der Waals surface area contributed by atoms with Crippen molar-refractivity contribution >= 4 is 0 Å². The highest BCUT2D eigenvalue weighted by molar-refractivity contribution is 5.51. The van der Waals surface area contributed by atoms with Gasteiger partial charge in [0.2, 0.25) is 0 Å². The number of ether oxygens (including phenoxy) is 1. The zero-order valence-corrected chi connectivity index (χ0v) is 8.53. The summed E-state index contributed by atoms with van der Waals surface area (Å²) in [6, 6.07) is 5.20. The zero-order chi connectivity index (χ0) is 10.7. The van der Waals surface area contributed by atoms with E-state index in [4.69, 9.17) is 10.00 Å². The molecule has 3 nitrogen and oxygen atoms in total. The number of aromatic hydroxyl groups is 1. The van der Waals surface area contributed by atoms with Crippen LogP contribution in [-0.4, -0.2) is 12.2 Å². The van der Waals surface area contributed by atoms with E-state index < -0.39 is 0 Å². The maximum atomic E-state index is 9.45. The van der Waals surface area contributed by atoms with Crippen molar-refractivity contribution in [3.8, 4) is 17.6 Å². The van der Waals surface area contributed by atoms with Crippen LogP contribution in [0.1, 0.15) is 30.9 Å². The molecule has 0 aliphatic heterocycles. The van der Waals surface area contributed by atoms with E-state index in [1.54, 1.807) is 6.07 Å². The summed E-state index contributed by atoms with van der Waals surface area (Å²) in [4.78, 5) is 0. The predicted molar refractivity (Wildman–Crippen MR) is 53.5 cm³/mol. The van der Waals surface area contributed by atoms with Crippen LogP contribution in [0.2, 0.25) is 0 Å². The molecule has 1 aromatic rings. The Labute approximate surface area is 83.6 Å². The van der Waals surface area contributed by atoms with Crippen LogP contribution in [0, 0.1) is 11.3 Å². The van der Waals surface area contributed by atoms with Gasteiger partial charge in [0.15, 0.2) is 11.5 Å². The van der Waals surface area contributed by atoms with Gasteiger partial charge < -0.3 is 9.84 Å². The Kier molecular flexibility index (Phi) is 2.98. The Morgan fingerprint density at radius 1 is 1.43 bits per heavy atom. The molecular formula is C11H13NO2. The molecule has 1 aromatic carbocycles. The summed E-state index contributed by atoms with van der Waals surface area (Å²) in [6.07, 6.45) is 0. The van der Waals surface area contributed by atoms with Crippen molar-refractivity contribution in [3.05, 3.63) is 23.3 Å². The van der Waals surface area contributed by atoms with E-state index >= 15 is 0 Å². The molecule has 1 N–H and O–H groups in total. The van der Waals surface area contributed by atoms with Crippen molar-refractivity contribution < 1.29 is 9.84 Å². The molecule has 0 bridgehead atoms. The smallest absolute Gasteiger partial charge is 0.160 e. The summed E-state index contributed by atoms with van der Waals surface area (Å²) in [5, 5.41) is 18.3. The van der Waals surface area contributed by atoms with E-state index in [1.807, 2.05) is 13.8 Å². The lowest BCUT2D eigenvalue weighted by Crippen LogP contribution is -1.95. The van der Waals surface area contributed by atoms with Crippen LogP contribution in [0.5, 0.6) is 11.5 Å². The third kappa shape index (κ3) is 1.80. The molecule has 0 saturated carbocycles. The lowest BCUT2D eigenvalue weighted by Gasteiger charge is -2.11. The molecule has 0 atom stereocenters. The van der Waals surface area contributed by atoms with Gasteiger partial charge in [-0.3, -0.25) is 0 Å². The molecule has 0 saturated heterocycles. The second-order valence-electron chi connectivity index (χ2n) is 3.38. The Morgan fingerprint density at radius 2 is 2.07 bits per heavy atom. The fourth-order valence-electron chi connectivity index (χ4n) is 1.32. The van der Waals surface area contributed by atoms with E-state index in [0.29, 0.717) is 11.3 Å². The van der Waals surface area contributed by atoms with Gasteiger partial charge in [0.25, 0.3) is 0 Å². The van der Waals surface area contributed by atoms with Crippen molar-refractivity contribution in [2.24, 2.45) is 0 Å². The highest BCUT2D eigenvalue weighted by Gasteiger charge is 2.11. The van der Waals surface area contributed by atoms with E-state index in [2.05, 4.69) is 6.07 Å². The molecule has 0 aromatic heterocycles. The Hall–Kier alpha value is -1.69. The molecule has 3 heteroatoms. The number of rotatable bonds is 2. The fourth-order valence-corrected chi connectivity index (χ4v) is 1.32. The summed E-state index contributed by atoms with van der Waals surface area (Å²) in [5.74, 6) is 0.653. The van der Waals surface area contributed by atoms with Crippen LogP contribution in [0.3, 0.4) is 0 Å².